The lowest BCUT2D eigenvalue weighted by Gasteiger charge is -2.19. The molecule has 0 spiro atoms. The average molecular weight is 318 g/mol. The Kier molecular flexibility index (Phi) is 5.24. The van der Waals surface area contributed by atoms with Crippen molar-refractivity contribution in [2.75, 3.05) is 7.11 Å². The van der Waals surface area contributed by atoms with Gasteiger partial charge in [0.15, 0.2) is 0 Å². The second kappa shape index (κ2) is 7.75. The van der Waals surface area contributed by atoms with Gasteiger partial charge in [-0.05, 0) is 41.8 Å². The maximum absolute atomic E-state index is 5.33. The first-order chi connectivity index (χ1) is 11.8. The van der Waals surface area contributed by atoms with Crippen LogP contribution in [-0.4, -0.2) is 12.1 Å². The number of methoxy groups -OCH3 is 1. The van der Waals surface area contributed by atoms with Gasteiger partial charge in [-0.15, -0.1) is 0 Å². The van der Waals surface area contributed by atoms with E-state index in [1.165, 1.54) is 11.1 Å². The molecule has 0 radical (unpaired) electrons. The van der Waals surface area contributed by atoms with E-state index in [1.54, 1.807) is 7.11 Å². The fourth-order valence-corrected chi connectivity index (χ4v) is 2.86. The highest BCUT2D eigenvalue weighted by Crippen LogP contribution is 2.22. The number of benzene rings is 2. The highest BCUT2D eigenvalue weighted by molar-refractivity contribution is 5.36. The molecule has 3 rings (SSSR count). The van der Waals surface area contributed by atoms with Gasteiger partial charge in [0.1, 0.15) is 5.75 Å². The van der Waals surface area contributed by atoms with Gasteiger partial charge in [0.05, 0.1) is 18.8 Å². The zero-order chi connectivity index (χ0) is 16.8. The Labute approximate surface area is 143 Å². The lowest BCUT2D eigenvalue weighted by Crippen LogP contribution is -2.23. The van der Waals surface area contributed by atoms with Gasteiger partial charge in [0, 0.05) is 12.7 Å². The largest absolute Gasteiger partial charge is 0.496 e. The number of ether oxygens (including phenoxy) is 1. The van der Waals surface area contributed by atoms with Gasteiger partial charge in [0.2, 0.25) is 0 Å². The van der Waals surface area contributed by atoms with E-state index in [-0.39, 0.29) is 6.04 Å². The second-order valence-electron chi connectivity index (χ2n) is 5.78. The molecule has 1 N–H and O–H groups in total. The number of aromatic nitrogens is 1. The predicted octanol–water partition coefficient (Wildman–Crippen LogP) is 4.28. The topological polar surface area (TPSA) is 34.1 Å². The Morgan fingerprint density at radius 1 is 1.00 bits per heavy atom. The van der Waals surface area contributed by atoms with Crippen LogP contribution in [0, 0.1) is 6.92 Å². The zero-order valence-corrected chi connectivity index (χ0v) is 14.1. The van der Waals surface area contributed by atoms with Gasteiger partial charge in [-0.2, -0.15) is 0 Å². The molecule has 0 amide bonds. The molecule has 1 aromatic heterocycles. The summed E-state index contributed by atoms with van der Waals surface area (Å²) in [6.07, 6.45) is 1.84. The minimum absolute atomic E-state index is 0.0646. The van der Waals surface area contributed by atoms with Gasteiger partial charge in [-0.3, -0.25) is 4.98 Å². The van der Waals surface area contributed by atoms with E-state index >= 15 is 0 Å². The quantitative estimate of drug-likeness (QED) is 0.736. The van der Waals surface area contributed by atoms with Crippen molar-refractivity contribution in [1.29, 1.82) is 0 Å². The summed E-state index contributed by atoms with van der Waals surface area (Å²) in [6, 6.07) is 22.8. The van der Waals surface area contributed by atoms with Gasteiger partial charge in [-0.1, -0.05) is 48.5 Å². The Morgan fingerprint density at radius 2 is 1.79 bits per heavy atom. The molecule has 1 atom stereocenters. The van der Waals surface area contributed by atoms with E-state index < -0.39 is 0 Å². The Morgan fingerprint density at radius 3 is 2.46 bits per heavy atom. The Hall–Kier alpha value is -2.65. The standard InChI is InChI=1S/C21H22N2O/c1-16-14-17(11-12-20(16)24-2)15-23-21(18-8-4-3-5-9-18)19-10-6-7-13-22-19/h3-14,21,23H,15H2,1-2H3/t21-/m0/s1. The molecule has 0 saturated heterocycles. The number of nitrogens with one attached hydrogen (secondary N) is 1. The zero-order valence-electron chi connectivity index (χ0n) is 14.1. The first-order valence-electron chi connectivity index (χ1n) is 8.10. The fourth-order valence-electron chi connectivity index (χ4n) is 2.86. The summed E-state index contributed by atoms with van der Waals surface area (Å²) in [5.41, 5.74) is 4.60. The third kappa shape index (κ3) is 3.81. The van der Waals surface area contributed by atoms with Gasteiger partial charge in [-0.25, -0.2) is 0 Å². The number of pyridine rings is 1. The summed E-state index contributed by atoms with van der Waals surface area (Å²) < 4.78 is 5.33. The van der Waals surface area contributed by atoms with Gasteiger partial charge in [0.25, 0.3) is 0 Å². The molecule has 0 aliphatic carbocycles. The van der Waals surface area contributed by atoms with Crippen molar-refractivity contribution in [2.45, 2.75) is 19.5 Å². The lowest BCUT2D eigenvalue weighted by atomic mass is 10.0. The average Bonchev–Trinajstić information content (AvgIpc) is 2.64. The monoisotopic (exact) mass is 318 g/mol. The molecule has 1 heterocycles. The molecule has 3 aromatic rings. The second-order valence-corrected chi connectivity index (χ2v) is 5.78. The van der Waals surface area contributed by atoms with Crippen LogP contribution in [0.2, 0.25) is 0 Å². The van der Waals surface area contributed by atoms with Gasteiger partial charge >= 0.3 is 0 Å². The van der Waals surface area contributed by atoms with Crippen molar-refractivity contribution >= 4 is 0 Å². The van der Waals surface area contributed by atoms with Crippen molar-refractivity contribution in [3.05, 3.63) is 95.3 Å². The van der Waals surface area contributed by atoms with Crippen molar-refractivity contribution in [3.8, 4) is 5.75 Å². The van der Waals surface area contributed by atoms with Crippen LogP contribution in [0.5, 0.6) is 5.75 Å². The number of aryl methyl sites for hydroxylation is 1. The van der Waals surface area contributed by atoms with E-state index in [4.69, 9.17) is 4.74 Å². The third-order valence-corrected chi connectivity index (χ3v) is 4.09. The molecular weight excluding hydrogens is 296 g/mol. The number of hydrogen-bond donors (Lipinski definition) is 1. The number of rotatable bonds is 6. The normalized spacial score (nSPS) is 11.9. The molecular formula is C21H22N2O. The molecule has 0 bridgehead atoms. The van der Waals surface area contributed by atoms with Crippen LogP contribution in [0.4, 0.5) is 0 Å². The highest BCUT2D eigenvalue weighted by Gasteiger charge is 2.14. The van der Waals surface area contributed by atoms with Crippen molar-refractivity contribution in [1.82, 2.24) is 10.3 Å². The van der Waals surface area contributed by atoms with Crippen molar-refractivity contribution in [3.63, 3.8) is 0 Å². The summed E-state index contributed by atoms with van der Waals surface area (Å²) in [7, 11) is 1.70. The summed E-state index contributed by atoms with van der Waals surface area (Å²) in [5, 5.41) is 3.63. The highest BCUT2D eigenvalue weighted by atomic mass is 16.5. The number of nitrogens with zero attached hydrogens (tertiary/aromatic N) is 1. The molecule has 3 heteroatoms. The van der Waals surface area contributed by atoms with Crippen molar-refractivity contribution in [2.24, 2.45) is 0 Å². The van der Waals surface area contributed by atoms with Crippen LogP contribution in [0.3, 0.4) is 0 Å². The molecule has 122 valence electrons. The van der Waals surface area contributed by atoms with Crippen LogP contribution in [-0.2, 0) is 6.54 Å². The molecule has 0 fully saturated rings. The number of hydrogen-bond acceptors (Lipinski definition) is 3. The van der Waals surface area contributed by atoms with Crippen molar-refractivity contribution < 1.29 is 4.74 Å². The maximum atomic E-state index is 5.33. The third-order valence-electron chi connectivity index (χ3n) is 4.09. The molecule has 0 unspecified atom stereocenters. The van der Waals surface area contributed by atoms with E-state index in [2.05, 4.69) is 59.7 Å². The van der Waals surface area contributed by atoms with E-state index in [0.717, 1.165) is 23.6 Å². The van der Waals surface area contributed by atoms with E-state index in [0.29, 0.717) is 0 Å². The predicted molar refractivity (Wildman–Crippen MR) is 97.1 cm³/mol. The van der Waals surface area contributed by atoms with Crippen LogP contribution in [0.15, 0.2) is 72.9 Å². The molecule has 0 aliphatic rings. The summed E-state index contributed by atoms with van der Waals surface area (Å²) >= 11 is 0. The molecule has 3 nitrogen and oxygen atoms in total. The molecule has 0 saturated carbocycles. The molecule has 2 aromatic carbocycles. The van der Waals surface area contributed by atoms with Crippen LogP contribution < -0.4 is 10.1 Å². The van der Waals surface area contributed by atoms with Crippen LogP contribution in [0.1, 0.15) is 28.4 Å². The van der Waals surface area contributed by atoms with Crippen LogP contribution >= 0.6 is 0 Å². The Balaban J connectivity index is 1.81. The van der Waals surface area contributed by atoms with Crippen LogP contribution in [0.25, 0.3) is 0 Å². The summed E-state index contributed by atoms with van der Waals surface area (Å²) in [4.78, 5) is 4.53. The minimum atomic E-state index is 0.0646. The van der Waals surface area contributed by atoms with E-state index in [1.807, 2.05) is 30.5 Å². The minimum Gasteiger partial charge on any atom is -0.496 e. The molecule has 0 aliphatic heterocycles. The summed E-state index contributed by atoms with van der Waals surface area (Å²) in [6.45, 7) is 2.83. The molecule has 24 heavy (non-hydrogen) atoms. The first-order valence-corrected chi connectivity index (χ1v) is 8.10. The smallest absolute Gasteiger partial charge is 0.121 e. The van der Waals surface area contributed by atoms with E-state index in [9.17, 15) is 0 Å². The van der Waals surface area contributed by atoms with Gasteiger partial charge < -0.3 is 10.1 Å². The lowest BCUT2D eigenvalue weighted by molar-refractivity contribution is 0.411. The Bertz CT molecular complexity index is 733. The SMILES string of the molecule is COc1ccc(CN[C@@H](c2ccccc2)c2ccccn2)cc1C. The fraction of sp³-hybridized carbons (Fsp3) is 0.190. The first kappa shape index (κ1) is 16.2. The summed E-state index contributed by atoms with van der Waals surface area (Å²) in [5.74, 6) is 0.920. The maximum Gasteiger partial charge on any atom is 0.121 e.